The maximum atomic E-state index is 10.0. The predicted molar refractivity (Wildman–Crippen MR) is 32.7 cm³/mol. The Morgan fingerprint density at radius 3 is 2.89 bits per heavy atom. The summed E-state index contributed by atoms with van der Waals surface area (Å²) in [6.07, 6.45) is 3.02. The number of rotatable bonds is 2. The summed E-state index contributed by atoms with van der Waals surface area (Å²) >= 11 is 0. The Labute approximate surface area is 54.6 Å². The van der Waals surface area contributed by atoms with E-state index in [-0.39, 0.29) is 6.10 Å². The van der Waals surface area contributed by atoms with Gasteiger partial charge < -0.3 is 9.64 Å². The molecule has 0 aromatic rings. The fourth-order valence-corrected chi connectivity index (χ4v) is 1.00. The van der Waals surface area contributed by atoms with Crippen LogP contribution in [0, 0.1) is 0 Å². The highest BCUT2D eigenvalue weighted by atomic mass is 16.5. The van der Waals surface area contributed by atoms with Crippen molar-refractivity contribution in [1.29, 1.82) is 0 Å². The van der Waals surface area contributed by atoms with Crippen molar-refractivity contribution in [2.75, 3.05) is 20.2 Å². The molecule has 0 spiro atoms. The van der Waals surface area contributed by atoms with Gasteiger partial charge in [0.25, 0.3) is 0 Å². The number of methoxy groups -OCH3 is 1. The van der Waals surface area contributed by atoms with E-state index in [0.717, 1.165) is 13.0 Å². The van der Waals surface area contributed by atoms with E-state index < -0.39 is 0 Å². The lowest BCUT2D eigenvalue weighted by Gasteiger charge is -2.06. The van der Waals surface area contributed by atoms with Crippen LogP contribution in [0.3, 0.4) is 0 Å². The monoisotopic (exact) mass is 128 g/mol. The van der Waals surface area contributed by atoms with Crippen molar-refractivity contribution >= 4 is 6.41 Å². The summed E-state index contributed by atoms with van der Waals surface area (Å²) in [6, 6.07) is 0. The van der Waals surface area contributed by atoms with Crippen LogP contribution in [0.1, 0.15) is 6.42 Å². The van der Waals surface area contributed by atoms with E-state index in [1.165, 1.54) is 0 Å². The SMILES string of the molecule is COC1CCN([C]=O)C1. The Morgan fingerprint density at radius 1 is 1.78 bits per heavy atom. The van der Waals surface area contributed by atoms with Crippen LogP contribution in [-0.2, 0) is 9.53 Å². The molecule has 51 valence electrons. The van der Waals surface area contributed by atoms with E-state index >= 15 is 0 Å². The standard InChI is InChI=1S/C6H10NO2/c1-9-6-2-3-7(4-6)5-8/h6H,2-4H2,1H3. The topological polar surface area (TPSA) is 29.5 Å². The summed E-state index contributed by atoms with van der Waals surface area (Å²) in [6.45, 7) is 1.50. The molecule has 1 fully saturated rings. The van der Waals surface area contributed by atoms with E-state index in [0.29, 0.717) is 6.54 Å². The van der Waals surface area contributed by atoms with Crippen LogP contribution in [-0.4, -0.2) is 37.6 Å². The quantitative estimate of drug-likeness (QED) is 0.514. The summed E-state index contributed by atoms with van der Waals surface area (Å²) < 4.78 is 5.02. The first-order valence-corrected chi connectivity index (χ1v) is 3.02. The number of nitrogens with zero attached hydrogens (tertiary/aromatic N) is 1. The molecule has 9 heavy (non-hydrogen) atoms. The second kappa shape index (κ2) is 2.82. The molecule has 0 bridgehead atoms. The van der Waals surface area contributed by atoms with Gasteiger partial charge in [0.2, 0.25) is 0 Å². The fraction of sp³-hybridized carbons (Fsp3) is 0.833. The summed E-state index contributed by atoms with van der Waals surface area (Å²) in [4.78, 5) is 11.6. The largest absolute Gasteiger partial charge is 0.380 e. The Balaban J connectivity index is 2.28. The molecule has 1 atom stereocenters. The summed E-state index contributed by atoms with van der Waals surface area (Å²) in [7, 11) is 1.67. The smallest absolute Gasteiger partial charge is 0.312 e. The van der Waals surface area contributed by atoms with Crippen molar-refractivity contribution in [2.45, 2.75) is 12.5 Å². The van der Waals surface area contributed by atoms with Gasteiger partial charge in [0.1, 0.15) is 0 Å². The molecule has 1 heterocycles. The van der Waals surface area contributed by atoms with Crippen molar-refractivity contribution in [3.05, 3.63) is 0 Å². The molecule has 1 aliphatic rings. The highest BCUT2D eigenvalue weighted by molar-refractivity contribution is 5.48. The highest BCUT2D eigenvalue weighted by Gasteiger charge is 2.20. The molecule has 3 nitrogen and oxygen atoms in total. The number of hydrogen-bond acceptors (Lipinski definition) is 2. The molecule has 0 aromatic heterocycles. The first kappa shape index (κ1) is 6.55. The second-order valence-electron chi connectivity index (χ2n) is 2.18. The Hall–Kier alpha value is -0.570. The molecule has 1 rings (SSSR count). The second-order valence-corrected chi connectivity index (χ2v) is 2.18. The van der Waals surface area contributed by atoms with Crippen LogP contribution in [0.2, 0.25) is 0 Å². The molecular formula is C6H10NO2. The lowest BCUT2D eigenvalue weighted by molar-refractivity contribution is 0.114. The van der Waals surface area contributed by atoms with Crippen molar-refractivity contribution in [3.8, 4) is 0 Å². The Morgan fingerprint density at radius 2 is 2.56 bits per heavy atom. The van der Waals surface area contributed by atoms with Gasteiger partial charge >= 0.3 is 6.41 Å². The van der Waals surface area contributed by atoms with Gasteiger partial charge in [0, 0.05) is 20.2 Å². The normalized spacial score (nSPS) is 26.8. The third kappa shape index (κ3) is 1.42. The molecule has 1 amide bonds. The van der Waals surface area contributed by atoms with Gasteiger partial charge in [-0.25, -0.2) is 0 Å². The number of amides is 1. The summed E-state index contributed by atoms with van der Waals surface area (Å²) in [5.74, 6) is 0. The highest BCUT2D eigenvalue weighted by Crippen LogP contribution is 2.08. The maximum Gasteiger partial charge on any atom is 0.312 e. The predicted octanol–water partition coefficient (Wildman–Crippen LogP) is -0.226. The van der Waals surface area contributed by atoms with E-state index in [4.69, 9.17) is 4.74 Å². The van der Waals surface area contributed by atoms with E-state index in [9.17, 15) is 4.79 Å². The van der Waals surface area contributed by atoms with Crippen LogP contribution in [0.4, 0.5) is 0 Å². The molecular weight excluding hydrogens is 118 g/mol. The molecule has 0 N–H and O–H groups in total. The van der Waals surface area contributed by atoms with Crippen LogP contribution < -0.4 is 0 Å². The van der Waals surface area contributed by atoms with E-state index in [1.807, 2.05) is 6.41 Å². The third-order valence-corrected chi connectivity index (χ3v) is 1.61. The van der Waals surface area contributed by atoms with Crippen molar-refractivity contribution in [1.82, 2.24) is 4.90 Å². The summed E-state index contributed by atoms with van der Waals surface area (Å²) in [5.41, 5.74) is 0. The zero-order chi connectivity index (χ0) is 6.69. The van der Waals surface area contributed by atoms with Crippen molar-refractivity contribution in [3.63, 3.8) is 0 Å². The third-order valence-electron chi connectivity index (χ3n) is 1.61. The fourth-order valence-electron chi connectivity index (χ4n) is 1.00. The zero-order valence-corrected chi connectivity index (χ0v) is 5.46. The lowest BCUT2D eigenvalue weighted by atomic mass is 10.3. The molecule has 1 aliphatic heterocycles. The van der Waals surface area contributed by atoms with Crippen LogP contribution in [0.5, 0.6) is 0 Å². The van der Waals surface area contributed by atoms with Gasteiger partial charge in [-0.05, 0) is 6.42 Å². The number of ether oxygens (including phenoxy) is 1. The minimum absolute atomic E-state index is 0.242. The zero-order valence-electron chi connectivity index (χ0n) is 5.46. The Bertz CT molecular complexity index is 105. The number of carbonyl (C=O) groups excluding carboxylic acids is 1. The average Bonchev–Trinajstić information content (AvgIpc) is 2.34. The lowest BCUT2D eigenvalue weighted by Crippen LogP contribution is -2.20. The Kier molecular flexibility index (Phi) is 2.05. The number of hydrogen-bond donors (Lipinski definition) is 0. The van der Waals surface area contributed by atoms with Gasteiger partial charge in [-0.2, -0.15) is 0 Å². The maximum absolute atomic E-state index is 10.0. The molecule has 1 unspecified atom stereocenters. The average molecular weight is 128 g/mol. The van der Waals surface area contributed by atoms with Crippen molar-refractivity contribution in [2.24, 2.45) is 0 Å². The van der Waals surface area contributed by atoms with Gasteiger partial charge in [-0.1, -0.05) is 0 Å². The van der Waals surface area contributed by atoms with Crippen molar-refractivity contribution < 1.29 is 9.53 Å². The van der Waals surface area contributed by atoms with Crippen LogP contribution >= 0.6 is 0 Å². The van der Waals surface area contributed by atoms with E-state index in [1.54, 1.807) is 12.0 Å². The molecule has 1 radical (unpaired) electrons. The van der Waals surface area contributed by atoms with Gasteiger partial charge in [0.15, 0.2) is 0 Å². The number of likely N-dealkylation sites (tertiary alicyclic amines) is 1. The minimum Gasteiger partial charge on any atom is -0.380 e. The molecule has 0 aromatic carbocycles. The minimum atomic E-state index is 0.242. The van der Waals surface area contributed by atoms with Crippen LogP contribution in [0.15, 0.2) is 0 Å². The molecule has 1 saturated heterocycles. The van der Waals surface area contributed by atoms with Crippen LogP contribution in [0.25, 0.3) is 0 Å². The summed E-state index contributed by atoms with van der Waals surface area (Å²) in [5, 5.41) is 0. The first-order valence-electron chi connectivity index (χ1n) is 3.02. The van der Waals surface area contributed by atoms with E-state index in [2.05, 4.69) is 0 Å². The first-order chi connectivity index (χ1) is 4.36. The van der Waals surface area contributed by atoms with Gasteiger partial charge in [0.05, 0.1) is 6.10 Å². The molecule has 0 aliphatic carbocycles. The molecule has 0 saturated carbocycles. The van der Waals surface area contributed by atoms with Gasteiger partial charge in [-0.3, -0.25) is 4.79 Å². The molecule has 3 heteroatoms. The van der Waals surface area contributed by atoms with Gasteiger partial charge in [-0.15, -0.1) is 0 Å².